The van der Waals surface area contributed by atoms with E-state index in [1.807, 2.05) is 30.5 Å². The van der Waals surface area contributed by atoms with E-state index >= 15 is 0 Å². The third-order valence-corrected chi connectivity index (χ3v) is 3.43. The Labute approximate surface area is 115 Å². The second-order valence-corrected chi connectivity index (χ2v) is 4.84. The van der Waals surface area contributed by atoms with Gasteiger partial charge in [0.05, 0.1) is 0 Å². The Morgan fingerprint density at radius 2 is 2.05 bits per heavy atom. The second kappa shape index (κ2) is 5.84. The molecule has 1 aromatic carbocycles. The minimum atomic E-state index is -1.07. The molecule has 4 nitrogen and oxygen atoms in total. The van der Waals surface area contributed by atoms with Crippen molar-refractivity contribution in [2.24, 2.45) is 0 Å². The van der Waals surface area contributed by atoms with E-state index in [0.29, 0.717) is 12.4 Å². The van der Waals surface area contributed by atoms with Crippen LogP contribution in [-0.2, 0) is 6.61 Å². The van der Waals surface area contributed by atoms with E-state index in [1.54, 1.807) is 18.7 Å². The molecule has 0 saturated heterocycles. The molecule has 2 rings (SSSR count). The Bertz CT molecular complexity index is 572. The Kier molecular flexibility index (Phi) is 4.16. The van der Waals surface area contributed by atoms with Gasteiger partial charge in [0, 0.05) is 10.5 Å². The number of ether oxygens (including phenoxy) is 1. The summed E-state index contributed by atoms with van der Waals surface area (Å²) >= 11 is 1.67. The normalized spacial score (nSPS) is 10.4. The molecule has 1 aromatic heterocycles. The van der Waals surface area contributed by atoms with Crippen LogP contribution in [0.1, 0.15) is 21.9 Å². The predicted molar refractivity (Wildman–Crippen MR) is 73.0 cm³/mol. The van der Waals surface area contributed by atoms with Crippen molar-refractivity contribution in [1.82, 2.24) is 0 Å². The molecule has 0 atom stereocenters. The maximum absolute atomic E-state index is 10.8. The number of hydrogen-bond donors (Lipinski definition) is 1. The average Bonchev–Trinajstić information content (AvgIpc) is 2.79. The molecule has 0 aliphatic carbocycles. The summed E-state index contributed by atoms with van der Waals surface area (Å²) < 4.78 is 10.7. The SMILES string of the molecule is CSc1ccc(OCc2cc(C(=O)O)oc2C)cc1. The van der Waals surface area contributed by atoms with Crippen molar-refractivity contribution in [1.29, 1.82) is 0 Å². The van der Waals surface area contributed by atoms with Gasteiger partial charge in [-0.05, 0) is 43.5 Å². The van der Waals surface area contributed by atoms with Gasteiger partial charge in [-0.2, -0.15) is 0 Å². The van der Waals surface area contributed by atoms with Crippen LogP contribution < -0.4 is 4.74 Å². The number of aryl methyl sites for hydroxylation is 1. The van der Waals surface area contributed by atoms with Crippen LogP contribution in [0.25, 0.3) is 0 Å². The lowest BCUT2D eigenvalue weighted by molar-refractivity contribution is 0.0661. The first-order valence-electron chi connectivity index (χ1n) is 5.69. The fourth-order valence-electron chi connectivity index (χ4n) is 1.60. The topological polar surface area (TPSA) is 59.7 Å². The maximum Gasteiger partial charge on any atom is 0.371 e. The summed E-state index contributed by atoms with van der Waals surface area (Å²) in [5, 5.41) is 8.83. The summed E-state index contributed by atoms with van der Waals surface area (Å²) in [6, 6.07) is 9.22. The van der Waals surface area contributed by atoms with E-state index in [0.717, 1.165) is 11.3 Å². The fourth-order valence-corrected chi connectivity index (χ4v) is 2.01. The van der Waals surface area contributed by atoms with Gasteiger partial charge in [0.25, 0.3) is 0 Å². The molecule has 0 bridgehead atoms. The van der Waals surface area contributed by atoms with Crippen LogP contribution in [0.3, 0.4) is 0 Å². The number of rotatable bonds is 5. The van der Waals surface area contributed by atoms with Gasteiger partial charge in [0.2, 0.25) is 5.76 Å². The minimum Gasteiger partial charge on any atom is -0.489 e. The lowest BCUT2D eigenvalue weighted by atomic mass is 10.2. The van der Waals surface area contributed by atoms with Crippen LogP contribution in [0.4, 0.5) is 0 Å². The molecule has 0 saturated carbocycles. The first kappa shape index (κ1) is 13.5. The van der Waals surface area contributed by atoms with Gasteiger partial charge in [-0.25, -0.2) is 4.79 Å². The monoisotopic (exact) mass is 278 g/mol. The van der Waals surface area contributed by atoms with Crippen LogP contribution >= 0.6 is 11.8 Å². The van der Waals surface area contributed by atoms with Gasteiger partial charge in [0.15, 0.2) is 0 Å². The van der Waals surface area contributed by atoms with E-state index in [1.165, 1.54) is 11.0 Å². The molecule has 0 unspecified atom stereocenters. The zero-order valence-electron chi connectivity index (χ0n) is 10.7. The minimum absolute atomic E-state index is 0.0613. The van der Waals surface area contributed by atoms with E-state index in [4.69, 9.17) is 14.3 Å². The molecule has 0 radical (unpaired) electrons. The average molecular weight is 278 g/mol. The molecule has 1 N–H and O–H groups in total. The zero-order valence-corrected chi connectivity index (χ0v) is 11.5. The number of benzene rings is 1. The standard InChI is InChI=1S/C14H14O4S/c1-9-10(7-13(18-9)14(15)16)8-17-11-3-5-12(19-2)6-4-11/h3-7H,8H2,1-2H3,(H,15,16). The Balaban J connectivity index is 2.03. The van der Waals surface area contributed by atoms with Crippen LogP contribution in [0.5, 0.6) is 5.75 Å². The number of carbonyl (C=O) groups is 1. The molecule has 100 valence electrons. The Morgan fingerprint density at radius 1 is 1.37 bits per heavy atom. The van der Waals surface area contributed by atoms with Crippen molar-refractivity contribution >= 4 is 17.7 Å². The molecule has 1 heterocycles. The van der Waals surface area contributed by atoms with E-state index in [-0.39, 0.29) is 5.76 Å². The molecule has 0 fully saturated rings. The highest BCUT2D eigenvalue weighted by Crippen LogP contribution is 2.21. The summed E-state index contributed by atoms with van der Waals surface area (Å²) in [4.78, 5) is 11.9. The molecule has 2 aromatic rings. The van der Waals surface area contributed by atoms with Gasteiger partial charge in [-0.1, -0.05) is 0 Å². The van der Waals surface area contributed by atoms with E-state index < -0.39 is 5.97 Å². The van der Waals surface area contributed by atoms with Crippen molar-refractivity contribution in [2.45, 2.75) is 18.4 Å². The van der Waals surface area contributed by atoms with Crippen LogP contribution in [0.2, 0.25) is 0 Å². The van der Waals surface area contributed by atoms with Crippen molar-refractivity contribution in [3.8, 4) is 5.75 Å². The van der Waals surface area contributed by atoms with E-state index in [9.17, 15) is 4.79 Å². The molecular formula is C14H14O4S. The summed E-state index contributed by atoms with van der Waals surface area (Å²) in [5.74, 6) is 0.181. The van der Waals surface area contributed by atoms with Gasteiger partial charge >= 0.3 is 5.97 Å². The highest BCUT2D eigenvalue weighted by atomic mass is 32.2. The lowest BCUT2D eigenvalue weighted by Gasteiger charge is -2.05. The van der Waals surface area contributed by atoms with Crippen molar-refractivity contribution in [2.75, 3.05) is 6.26 Å². The largest absolute Gasteiger partial charge is 0.489 e. The zero-order chi connectivity index (χ0) is 13.8. The van der Waals surface area contributed by atoms with Crippen LogP contribution in [0, 0.1) is 6.92 Å². The highest BCUT2D eigenvalue weighted by molar-refractivity contribution is 7.98. The summed E-state index contributed by atoms with van der Waals surface area (Å²) in [6.45, 7) is 2.02. The predicted octanol–water partition coefficient (Wildman–Crippen LogP) is 3.59. The van der Waals surface area contributed by atoms with Crippen LogP contribution in [0.15, 0.2) is 39.6 Å². The maximum atomic E-state index is 10.8. The summed E-state index contributed by atoms with van der Waals surface area (Å²) in [6.07, 6.45) is 2.01. The Morgan fingerprint density at radius 3 is 2.58 bits per heavy atom. The molecule has 0 amide bonds. The van der Waals surface area contributed by atoms with Gasteiger partial charge in [-0.3, -0.25) is 0 Å². The summed E-state index contributed by atoms with van der Waals surface area (Å²) in [7, 11) is 0. The molecule has 0 spiro atoms. The quantitative estimate of drug-likeness (QED) is 0.847. The first-order valence-corrected chi connectivity index (χ1v) is 6.92. The Hall–Kier alpha value is -1.88. The number of furan rings is 1. The van der Waals surface area contributed by atoms with Crippen LogP contribution in [-0.4, -0.2) is 17.3 Å². The first-order chi connectivity index (χ1) is 9.10. The van der Waals surface area contributed by atoms with Gasteiger partial charge in [-0.15, -0.1) is 11.8 Å². The third kappa shape index (κ3) is 3.32. The van der Waals surface area contributed by atoms with Gasteiger partial charge < -0.3 is 14.3 Å². The molecule has 19 heavy (non-hydrogen) atoms. The van der Waals surface area contributed by atoms with E-state index in [2.05, 4.69) is 0 Å². The molecule has 5 heteroatoms. The molecule has 0 aliphatic rings. The highest BCUT2D eigenvalue weighted by Gasteiger charge is 2.13. The van der Waals surface area contributed by atoms with Crippen molar-refractivity contribution in [3.05, 3.63) is 47.4 Å². The second-order valence-electron chi connectivity index (χ2n) is 3.96. The fraction of sp³-hybridized carbons (Fsp3) is 0.214. The van der Waals surface area contributed by atoms with Crippen molar-refractivity contribution in [3.63, 3.8) is 0 Å². The number of carboxylic acid groups (broad SMARTS) is 1. The number of thioether (sulfide) groups is 1. The van der Waals surface area contributed by atoms with Crippen molar-refractivity contribution < 1.29 is 19.1 Å². The molecule has 0 aliphatic heterocycles. The third-order valence-electron chi connectivity index (χ3n) is 2.69. The number of hydrogen-bond acceptors (Lipinski definition) is 4. The smallest absolute Gasteiger partial charge is 0.371 e. The lowest BCUT2D eigenvalue weighted by Crippen LogP contribution is -1.96. The molecular weight excluding hydrogens is 264 g/mol. The summed E-state index contributed by atoms with van der Waals surface area (Å²) in [5.41, 5.74) is 0.742. The number of carboxylic acids is 1. The van der Waals surface area contributed by atoms with Gasteiger partial charge in [0.1, 0.15) is 18.1 Å². The number of aromatic carboxylic acids is 1.